The number of rotatable bonds is 4. The maximum Gasteiger partial charge on any atom is 0.319 e. The van der Waals surface area contributed by atoms with Gasteiger partial charge in [0, 0.05) is 26.3 Å². The molecule has 8 heteroatoms. The Balaban J connectivity index is 1.67. The molecule has 1 atom stereocenters. The van der Waals surface area contributed by atoms with Crippen molar-refractivity contribution in [2.24, 2.45) is 7.05 Å². The molecule has 1 aliphatic heterocycles. The zero-order valence-electron chi connectivity index (χ0n) is 13.4. The highest BCUT2D eigenvalue weighted by Crippen LogP contribution is 2.26. The highest BCUT2D eigenvalue weighted by molar-refractivity contribution is 5.92. The first-order valence-electron chi connectivity index (χ1n) is 7.76. The number of anilines is 2. The molecule has 0 unspecified atom stereocenters. The number of nitrogens with zero attached hydrogens (tertiary/aromatic N) is 5. The lowest BCUT2D eigenvalue weighted by molar-refractivity contribution is 0.248. The molecule has 1 saturated heterocycles. The number of carbonyl (C=O) groups excluding carboxylic acids is 1. The lowest BCUT2D eigenvalue weighted by Crippen LogP contribution is -2.33. The second kappa shape index (κ2) is 6.64. The molecule has 122 valence electrons. The van der Waals surface area contributed by atoms with E-state index in [1.165, 1.54) is 0 Å². The van der Waals surface area contributed by atoms with Crippen LogP contribution in [0.3, 0.4) is 0 Å². The monoisotopic (exact) mass is 315 g/mol. The van der Waals surface area contributed by atoms with E-state index < -0.39 is 0 Å². The summed E-state index contributed by atoms with van der Waals surface area (Å²) < 4.78 is 1.78. The number of hydrogen-bond donors (Lipinski definition) is 2. The molecule has 1 fully saturated rings. The van der Waals surface area contributed by atoms with Crippen molar-refractivity contribution in [3.05, 3.63) is 30.5 Å². The fourth-order valence-corrected chi connectivity index (χ4v) is 2.78. The van der Waals surface area contributed by atoms with Gasteiger partial charge in [-0.15, -0.1) is 10.2 Å². The number of carbonyl (C=O) groups is 1. The molecule has 3 rings (SSSR count). The molecule has 0 aromatic carbocycles. The van der Waals surface area contributed by atoms with E-state index in [0.29, 0.717) is 5.82 Å². The van der Waals surface area contributed by atoms with Crippen molar-refractivity contribution in [3.8, 4) is 0 Å². The van der Waals surface area contributed by atoms with E-state index in [-0.39, 0.29) is 12.1 Å². The lowest BCUT2D eigenvalue weighted by Gasteiger charge is -2.20. The van der Waals surface area contributed by atoms with E-state index >= 15 is 0 Å². The summed E-state index contributed by atoms with van der Waals surface area (Å²) in [6, 6.07) is 3.16. The number of hydrogen-bond acceptors (Lipinski definition) is 5. The Labute approximate surface area is 134 Å². The number of pyridine rings is 1. The third-order valence-corrected chi connectivity index (χ3v) is 3.92. The van der Waals surface area contributed by atoms with Gasteiger partial charge >= 0.3 is 6.03 Å². The van der Waals surface area contributed by atoms with E-state index in [1.807, 2.05) is 26.1 Å². The number of nitrogens with one attached hydrogen (secondary N) is 2. The maximum absolute atomic E-state index is 12.3. The van der Waals surface area contributed by atoms with Gasteiger partial charge in [0.15, 0.2) is 11.6 Å². The van der Waals surface area contributed by atoms with E-state index in [4.69, 9.17) is 0 Å². The summed E-state index contributed by atoms with van der Waals surface area (Å²) in [5.41, 5.74) is 0.720. The molecule has 0 aliphatic carbocycles. The van der Waals surface area contributed by atoms with Crippen molar-refractivity contribution in [3.63, 3.8) is 0 Å². The average molecular weight is 315 g/mol. The van der Waals surface area contributed by atoms with Crippen molar-refractivity contribution in [2.45, 2.75) is 25.8 Å². The van der Waals surface area contributed by atoms with Crippen molar-refractivity contribution in [1.29, 1.82) is 0 Å². The van der Waals surface area contributed by atoms with Gasteiger partial charge in [0.2, 0.25) is 0 Å². The van der Waals surface area contributed by atoms with E-state index in [9.17, 15) is 4.79 Å². The van der Waals surface area contributed by atoms with Gasteiger partial charge in [-0.1, -0.05) is 0 Å². The molecule has 23 heavy (non-hydrogen) atoms. The summed E-state index contributed by atoms with van der Waals surface area (Å²) in [7, 11) is 1.85. The van der Waals surface area contributed by atoms with Crippen LogP contribution in [0.4, 0.5) is 16.3 Å². The van der Waals surface area contributed by atoms with Crippen LogP contribution in [0.15, 0.2) is 24.7 Å². The molecule has 8 nitrogen and oxygen atoms in total. The van der Waals surface area contributed by atoms with Crippen LogP contribution in [-0.2, 0) is 7.05 Å². The third-order valence-electron chi connectivity index (χ3n) is 3.92. The van der Waals surface area contributed by atoms with Crippen LogP contribution < -0.4 is 15.5 Å². The SMILES string of the molecule is C[C@@H](NC(=O)Nc1cccnc1N1CCCC1)c1nncn1C. The Kier molecular flexibility index (Phi) is 4.40. The molecule has 2 aromatic heterocycles. The summed E-state index contributed by atoms with van der Waals surface area (Å²) in [5.74, 6) is 1.53. The van der Waals surface area contributed by atoms with Gasteiger partial charge < -0.3 is 20.1 Å². The second-order valence-electron chi connectivity index (χ2n) is 5.69. The average Bonchev–Trinajstić information content (AvgIpc) is 3.19. The standard InChI is InChI=1S/C15H21N7O/c1-11(13-20-17-10-21(13)2)18-15(23)19-12-6-5-7-16-14(12)22-8-3-4-9-22/h5-7,10-11H,3-4,8-9H2,1-2H3,(H2,18,19,23)/t11-/m1/s1. The summed E-state index contributed by atoms with van der Waals surface area (Å²) in [4.78, 5) is 18.9. The van der Waals surface area contributed by atoms with Crippen LogP contribution in [0, 0.1) is 0 Å². The zero-order valence-corrected chi connectivity index (χ0v) is 13.4. The van der Waals surface area contributed by atoms with E-state index in [1.54, 1.807) is 17.1 Å². The topological polar surface area (TPSA) is 88.0 Å². The van der Waals surface area contributed by atoms with Crippen molar-refractivity contribution < 1.29 is 4.79 Å². The quantitative estimate of drug-likeness (QED) is 0.896. The Morgan fingerprint density at radius 3 is 2.83 bits per heavy atom. The minimum absolute atomic E-state index is 0.241. The predicted octanol–water partition coefficient (Wildman–Crippen LogP) is 1.69. The first-order chi connectivity index (χ1) is 11.1. The summed E-state index contributed by atoms with van der Waals surface area (Å²) in [5, 5.41) is 13.6. The fraction of sp³-hybridized carbons (Fsp3) is 0.467. The van der Waals surface area contributed by atoms with Gasteiger partial charge in [-0.3, -0.25) is 0 Å². The molecule has 0 radical (unpaired) electrons. The summed E-state index contributed by atoms with van der Waals surface area (Å²) in [6.45, 7) is 3.82. The van der Waals surface area contributed by atoms with Crippen LogP contribution in [0.2, 0.25) is 0 Å². The first-order valence-corrected chi connectivity index (χ1v) is 7.76. The van der Waals surface area contributed by atoms with Crippen LogP contribution in [0.25, 0.3) is 0 Å². The molecule has 1 aliphatic rings. The molecule has 3 heterocycles. The molecular weight excluding hydrogens is 294 g/mol. The number of aryl methyl sites for hydroxylation is 1. The molecule has 0 bridgehead atoms. The van der Waals surface area contributed by atoms with Crippen LogP contribution in [-0.4, -0.2) is 38.9 Å². The molecule has 2 amide bonds. The van der Waals surface area contributed by atoms with Gasteiger partial charge in [0.1, 0.15) is 6.33 Å². The summed E-state index contributed by atoms with van der Waals surface area (Å²) >= 11 is 0. The number of aromatic nitrogens is 4. The smallest absolute Gasteiger partial charge is 0.319 e. The molecule has 0 spiro atoms. The van der Waals surface area contributed by atoms with Gasteiger partial charge in [-0.05, 0) is 31.9 Å². The summed E-state index contributed by atoms with van der Waals surface area (Å²) in [6.07, 6.45) is 5.67. The minimum atomic E-state index is -0.283. The van der Waals surface area contributed by atoms with Gasteiger partial charge in [0.05, 0.1) is 11.7 Å². The lowest BCUT2D eigenvalue weighted by atomic mass is 10.3. The van der Waals surface area contributed by atoms with Crippen molar-refractivity contribution in [1.82, 2.24) is 25.1 Å². The molecular formula is C15H21N7O. The Hall–Kier alpha value is -2.64. The van der Waals surface area contributed by atoms with E-state index in [2.05, 4.69) is 30.7 Å². The normalized spacial score (nSPS) is 15.5. The van der Waals surface area contributed by atoms with Crippen LogP contribution in [0.5, 0.6) is 0 Å². The minimum Gasteiger partial charge on any atom is -0.355 e. The van der Waals surface area contributed by atoms with Crippen LogP contribution >= 0.6 is 0 Å². The molecule has 2 aromatic rings. The zero-order chi connectivity index (χ0) is 16.2. The third kappa shape index (κ3) is 3.41. The van der Waals surface area contributed by atoms with Gasteiger partial charge in [-0.25, -0.2) is 9.78 Å². The number of urea groups is 1. The molecule has 0 saturated carbocycles. The molecule has 2 N–H and O–H groups in total. The predicted molar refractivity (Wildman–Crippen MR) is 87.3 cm³/mol. The first kappa shape index (κ1) is 15.3. The van der Waals surface area contributed by atoms with Crippen molar-refractivity contribution >= 4 is 17.5 Å². The van der Waals surface area contributed by atoms with Crippen molar-refractivity contribution in [2.75, 3.05) is 23.3 Å². The maximum atomic E-state index is 12.3. The number of amides is 2. The van der Waals surface area contributed by atoms with Gasteiger partial charge in [0.25, 0.3) is 0 Å². The largest absolute Gasteiger partial charge is 0.355 e. The second-order valence-corrected chi connectivity index (χ2v) is 5.69. The highest BCUT2D eigenvalue weighted by Gasteiger charge is 2.19. The highest BCUT2D eigenvalue weighted by atomic mass is 16.2. The van der Waals surface area contributed by atoms with Crippen LogP contribution in [0.1, 0.15) is 31.6 Å². The fourth-order valence-electron chi connectivity index (χ4n) is 2.78. The Morgan fingerprint density at radius 2 is 2.13 bits per heavy atom. The Bertz CT molecular complexity index is 678. The Morgan fingerprint density at radius 1 is 1.35 bits per heavy atom. The van der Waals surface area contributed by atoms with E-state index in [0.717, 1.165) is 37.4 Å². The van der Waals surface area contributed by atoms with Gasteiger partial charge in [-0.2, -0.15) is 0 Å².